The van der Waals surface area contributed by atoms with Crippen molar-refractivity contribution in [3.8, 4) is 0 Å². The molecule has 74 valence electrons. The van der Waals surface area contributed by atoms with Gasteiger partial charge in [0.25, 0.3) is 0 Å². The van der Waals surface area contributed by atoms with Gasteiger partial charge in [-0.05, 0) is 12.8 Å². The molecule has 1 heterocycles. The molecule has 1 saturated heterocycles. The first kappa shape index (κ1) is 9.83. The van der Waals surface area contributed by atoms with Crippen molar-refractivity contribution >= 4 is 12.0 Å². The van der Waals surface area contributed by atoms with Crippen LogP contribution in [0.3, 0.4) is 0 Å². The fourth-order valence-electron chi connectivity index (χ4n) is 1.56. The Morgan fingerprint density at radius 1 is 1.62 bits per heavy atom. The van der Waals surface area contributed by atoms with Crippen molar-refractivity contribution in [3.63, 3.8) is 0 Å². The summed E-state index contributed by atoms with van der Waals surface area (Å²) >= 11 is 0. The summed E-state index contributed by atoms with van der Waals surface area (Å²) < 4.78 is 0. The summed E-state index contributed by atoms with van der Waals surface area (Å²) in [6.07, 6.45) is 0.830. The average Bonchev–Trinajstić information content (AvgIpc) is 2.47. The largest absolute Gasteiger partial charge is 0.465 e. The minimum Gasteiger partial charge on any atom is -0.465 e. The van der Waals surface area contributed by atoms with Gasteiger partial charge in [0.15, 0.2) is 0 Å². The summed E-state index contributed by atoms with van der Waals surface area (Å²) in [6.45, 7) is 2.45. The summed E-state index contributed by atoms with van der Waals surface area (Å²) in [5, 5.41) is 11.4. The maximum absolute atomic E-state index is 10.7. The minimum absolute atomic E-state index is 0.0404. The van der Waals surface area contributed by atoms with Gasteiger partial charge in [0.1, 0.15) is 0 Å². The molecule has 0 bridgehead atoms. The summed E-state index contributed by atoms with van der Waals surface area (Å²) in [5.74, 6) is -0.114. The van der Waals surface area contributed by atoms with Crippen LogP contribution in [0.15, 0.2) is 0 Å². The van der Waals surface area contributed by atoms with E-state index in [2.05, 4.69) is 5.32 Å². The second-order valence-corrected chi connectivity index (χ2v) is 3.21. The summed E-state index contributed by atoms with van der Waals surface area (Å²) in [6, 6.07) is -0.0404. The van der Waals surface area contributed by atoms with Gasteiger partial charge < -0.3 is 15.3 Å². The molecule has 0 aliphatic carbocycles. The molecule has 0 aromatic rings. The molecule has 5 heteroatoms. The topological polar surface area (TPSA) is 69.6 Å². The molecule has 1 aliphatic heterocycles. The van der Waals surface area contributed by atoms with E-state index in [1.54, 1.807) is 0 Å². The fraction of sp³-hybridized carbons (Fsp3) is 0.750. The van der Waals surface area contributed by atoms with Gasteiger partial charge in [-0.1, -0.05) is 0 Å². The third-order valence-electron chi connectivity index (χ3n) is 2.21. The molecule has 0 aromatic carbocycles. The van der Waals surface area contributed by atoms with Crippen LogP contribution < -0.4 is 5.32 Å². The van der Waals surface area contributed by atoms with Gasteiger partial charge in [-0.15, -0.1) is 0 Å². The van der Waals surface area contributed by atoms with Crippen LogP contribution in [-0.2, 0) is 4.79 Å². The second kappa shape index (κ2) is 4.11. The Labute approximate surface area is 76.7 Å². The van der Waals surface area contributed by atoms with Gasteiger partial charge >= 0.3 is 6.09 Å². The summed E-state index contributed by atoms with van der Waals surface area (Å²) in [7, 11) is 0. The van der Waals surface area contributed by atoms with E-state index >= 15 is 0 Å². The van der Waals surface area contributed by atoms with Crippen molar-refractivity contribution in [2.24, 2.45) is 0 Å². The number of carbonyl (C=O) groups excluding carboxylic acids is 1. The maximum atomic E-state index is 10.7. The molecule has 1 fully saturated rings. The highest BCUT2D eigenvalue weighted by molar-refractivity contribution is 5.73. The second-order valence-electron chi connectivity index (χ2n) is 3.21. The van der Waals surface area contributed by atoms with E-state index < -0.39 is 6.09 Å². The first-order chi connectivity index (χ1) is 6.11. The van der Waals surface area contributed by atoms with Crippen LogP contribution in [-0.4, -0.2) is 41.1 Å². The lowest BCUT2D eigenvalue weighted by atomic mass is 10.2. The molecular formula is C8H14N2O3. The van der Waals surface area contributed by atoms with Gasteiger partial charge in [0, 0.05) is 20.0 Å². The van der Waals surface area contributed by atoms with Crippen molar-refractivity contribution in [1.29, 1.82) is 0 Å². The highest BCUT2D eigenvalue weighted by Gasteiger charge is 2.27. The molecule has 13 heavy (non-hydrogen) atoms. The number of nitrogens with one attached hydrogen (secondary N) is 1. The molecule has 1 rings (SSSR count). The standard InChI is InChI=1S/C8H14N2O3/c1-6(11)9-5-7-3-2-4-10(7)8(12)13/h7H,2-5H2,1H3,(H,9,11)(H,12,13). The van der Waals surface area contributed by atoms with Gasteiger partial charge in [0.05, 0.1) is 6.04 Å². The smallest absolute Gasteiger partial charge is 0.407 e. The predicted molar refractivity (Wildman–Crippen MR) is 46.4 cm³/mol. The number of carboxylic acid groups (broad SMARTS) is 1. The molecule has 0 aromatic heterocycles. The van der Waals surface area contributed by atoms with Crippen molar-refractivity contribution < 1.29 is 14.7 Å². The van der Waals surface area contributed by atoms with E-state index in [1.165, 1.54) is 11.8 Å². The Bertz CT molecular complexity index is 217. The predicted octanol–water partition coefficient (Wildman–Crippen LogP) is 0.265. The zero-order valence-electron chi connectivity index (χ0n) is 7.62. The lowest BCUT2D eigenvalue weighted by molar-refractivity contribution is -0.119. The lowest BCUT2D eigenvalue weighted by Crippen LogP contribution is -2.41. The minimum atomic E-state index is -0.896. The van der Waals surface area contributed by atoms with Crippen molar-refractivity contribution in [2.45, 2.75) is 25.8 Å². The van der Waals surface area contributed by atoms with Crippen LogP contribution >= 0.6 is 0 Å². The Morgan fingerprint density at radius 2 is 2.31 bits per heavy atom. The zero-order chi connectivity index (χ0) is 9.84. The van der Waals surface area contributed by atoms with E-state index in [0.29, 0.717) is 13.1 Å². The quantitative estimate of drug-likeness (QED) is 0.650. The molecule has 1 unspecified atom stereocenters. The third kappa shape index (κ3) is 2.61. The number of likely N-dealkylation sites (tertiary alicyclic amines) is 1. The Hall–Kier alpha value is -1.26. The van der Waals surface area contributed by atoms with Gasteiger partial charge in [0.2, 0.25) is 5.91 Å². The molecule has 2 N–H and O–H groups in total. The van der Waals surface area contributed by atoms with Gasteiger partial charge in [-0.3, -0.25) is 4.79 Å². The summed E-state index contributed by atoms with van der Waals surface area (Å²) in [4.78, 5) is 22.7. The highest BCUT2D eigenvalue weighted by atomic mass is 16.4. The summed E-state index contributed by atoms with van der Waals surface area (Å²) in [5.41, 5.74) is 0. The normalized spacial score (nSPS) is 21.6. The van der Waals surface area contributed by atoms with Gasteiger partial charge in [-0.25, -0.2) is 4.79 Å². The molecule has 5 nitrogen and oxygen atoms in total. The van der Waals surface area contributed by atoms with Crippen molar-refractivity contribution in [1.82, 2.24) is 10.2 Å². The van der Waals surface area contributed by atoms with Crippen LogP contribution in [0.5, 0.6) is 0 Å². The molecule has 0 saturated carbocycles. The number of hydrogen-bond donors (Lipinski definition) is 2. The van der Waals surface area contributed by atoms with Crippen LogP contribution in [0.2, 0.25) is 0 Å². The molecule has 0 radical (unpaired) electrons. The van der Waals surface area contributed by atoms with Crippen molar-refractivity contribution in [2.75, 3.05) is 13.1 Å². The average molecular weight is 186 g/mol. The molecular weight excluding hydrogens is 172 g/mol. The Kier molecular flexibility index (Phi) is 3.11. The van der Waals surface area contributed by atoms with Crippen LogP contribution in [0.4, 0.5) is 4.79 Å². The number of hydrogen-bond acceptors (Lipinski definition) is 2. The monoisotopic (exact) mass is 186 g/mol. The van der Waals surface area contributed by atoms with E-state index in [9.17, 15) is 9.59 Å². The first-order valence-electron chi connectivity index (χ1n) is 4.35. The first-order valence-corrected chi connectivity index (χ1v) is 4.35. The van der Waals surface area contributed by atoms with Gasteiger partial charge in [-0.2, -0.15) is 0 Å². The number of amides is 2. The van der Waals surface area contributed by atoms with E-state index in [0.717, 1.165) is 12.8 Å². The zero-order valence-corrected chi connectivity index (χ0v) is 7.62. The fourth-order valence-corrected chi connectivity index (χ4v) is 1.56. The number of nitrogens with zero attached hydrogens (tertiary/aromatic N) is 1. The van der Waals surface area contributed by atoms with Crippen LogP contribution in [0.1, 0.15) is 19.8 Å². The van der Waals surface area contributed by atoms with E-state index in [4.69, 9.17) is 5.11 Å². The van der Waals surface area contributed by atoms with E-state index in [1.807, 2.05) is 0 Å². The third-order valence-corrected chi connectivity index (χ3v) is 2.21. The van der Waals surface area contributed by atoms with Crippen LogP contribution in [0, 0.1) is 0 Å². The SMILES string of the molecule is CC(=O)NCC1CCCN1C(=O)O. The molecule has 0 spiro atoms. The maximum Gasteiger partial charge on any atom is 0.407 e. The number of carbonyl (C=O) groups is 2. The Morgan fingerprint density at radius 3 is 2.85 bits per heavy atom. The molecule has 2 amide bonds. The van der Waals surface area contributed by atoms with Crippen molar-refractivity contribution in [3.05, 3.63) is 0 Å². The van der Waals surface area contributed by atoms with E-state index in [-0.39, 0.29) is 11.9 Å². The highest BCUT2D eigenvalue weighted by Crippen LogP contribution is 2.16. The Balaban J connectivity index is 2.39. The number of rotatable bonds is 2. The molecule has 1 atom stereocenters. The lowest BCUT2D eigenvalue weighted by Gasteiger charge is -2.21. The van der Waals surface area contributed by atoms with Crippen LogP contribution in [0.25, 0.3) is 0 Å². The molecule has 1 aliphatic rings.